The first-order chi connectivity index (χ1) is 8.81. The summed E-state index contributed by atoms with van der Waals surface area (Å²) in [6.07, 6.45) is 1.94. The first kappa shape index (κ1) is 17.1. The maximum atomic E-state index is 12.3. The predicted molar refractivity (Wildman–Crippen MR) is 85.8 cm³/mol. The van der Waals surface area contributed by atoms with Gasteiger partial charge in [-0.25, -0.2) is 13.1 Å². The van der Waals surface area contributed by atoms with Gasteiger partial charge in [0.2, 0.25) is 10.0 Å². The average Bonchev–Trinajstić information content (AvgIpc) is 2.34. The zero-order valence-corrected chi connectivity index (χ0v) is 15.3. The van der Waals surface area contributed by atoms with Gasteiger partial charge in [-0.15, -0.1) is 0 Å². The van der Waals surface area contributed by atoms with Crippen LogP contribution in [0.1, 0.15) is 32.3 Å². The minimum Gasteiger partial charge on any atom is -0.211 e. The molecule has 1 aromatic carbocycles. The summed E-state index contributed by atoms with van der Waals surface area (Å²) < 4.78 is 28.6. The maximum Gasteiger partial charge on any atom is 0.241 e. The van der Waals surface area contributed by atoms with Crippen LogP contribution in [0.25, 0.3) is 0 Å². The van der Waals surface area contributed by atoms with E-state index < -0.39 is 10.0 Å². The number of nitrogens with one attached hydrogen (secondary N) is 1. The Morgan fingerprint density at radius 2 is 1.74 bits per heavy atom. The number of benzene rings is 1. The summed E-state index contributed by atoms with van der Waals surface area (Å²) in [6, 6.07) is 3.43. The molecule has 0 spiro atoms. The average molecular weight is 413 g/mol. The first-order valence-electron chi connectivity index (χ1n) is 6.27. The second-order valence-electron chi connectivity index (χ2n) is 4.57. The van der Waals surface area contributed by atoms with Crippen LogP contribution >= 0.6 is 31.9 Å². The van der Waals surface area contributed by atoms with Gasteiger partial charge in [0.05, 0.1) is 4.90 Å². The molecule has 0 bridgehead atoms. The summed E-state index contributed by atoms with van der Waals surface area (Å²) in [5.74, 6) is 0.377. The van der Waals surface area contributed by atoms with Crippen LogP contribution in [0.5, 0.6) is 0 Å². The Kier molecular flexibility index (Phi) is 6.50. The van der Waals surface area contributed by atoms with E-state index in [-0.39, 0.29) is 4.90 Å². The summed E-state index contributed by atoms with van der Waals surface area (Å²) in [4.78, 5) is 0.274. The van der Waals surface area contributed by atoms with Gasteiger partial charge in [-0.1, -0.05) is 42.6 Å². The van der Waals surface area contributed by atoms with Gasteiger partial charge in [0, 0.05) is 15.5 Å². The molecule has 108 valence electrons. The van der Waals surface area contributed by atoms with Crippen molar-refractivity contribution in [3.8, 4) is 0 Å². The summed E-state index contributed by atoms with van der Waals surface area (Å²) in [7, 11) is -3.47. The number of halogens is 2. The van der Waals surface area contributed by atoms with Crippen LogP contribution in [-0.2, 0) is 10.0 Å². The third kappa shape index (κ3) is 4.55. The molecule has 0 aliphatic rings. The molecule has 0 radical (unpaired) electrons. The SMILES string of the molecule is CCC(CC)CNS(=O)(=O)c1cc(Br)c(C)cc1Br. The Balaban J connectivity index is 2.98. The van der Waals surface area contributed by atoms with Crippen molar-refractivity contribution in [1.82, 2.24) is 4.72 Å². The highest BCUT2D eigenvalue weighted by Gasteiger charge is 2.19. The predicted octanol–water partition coefficient (Wildman–Crippen LogP) is 4.23. The molecule has 0 fully saturated rings. The van der Waals surface area contributed by atoms with E-state index in [4.69, 9.17) is 0 Å². The van der Waals surface area contributed by atoms with Crippen LogP contribution in [0.4, 0.5) is 0 Å². The molecular formula is C13H19Br2NO2S. The van der Waals surface area contributed by atoms with Crippen LogP contribution in [0.15, 0.2) is 26.0 Å². The van der Waals surface area contributed by atoms with Crippen LogP contribution < -0.4 is 4.72 Å². The van der Waals surface area contributed by atoms with Crippen molar-refractivity contribution in [3.05, 3.63) is 26.6 Å². The van der Waals surface area contributed by atoms with Crippen molar-refractivity contribution in [2.45, 2.75) is 38.5 Å². The fourth-order valence-electron chi connectivity index (χ4n) is 1.72. The monoisotopic (exact) mass is 411 g/mol. The van der Waals surface area contributed by atoms with Crippen molar-refractivity contribution < 1.29 is 8.42 Å². The zero-order valence-electron chi connectivity index (χ0n) is 11.3. The van der Waals surface area contributed by atoms with Gasteiger partial charge in [0.25, 0.3) is 0 Å². The first-order valence-corrected chi connectivity index (χ1v) is 9.34. The van der Waals surface area contributed by atoms with Crippen LogP contribution in [0.2, 0.25) is 0 Å². The smallest absolute Gasteiger partial charge is 0.211 e. The zero-order chi connectivity index (χ0) is 14.6. The summed E-state index contributed by atoms with van der Waals surface area (Å²) in [5, 5.41) is 0. The topological polar surface area (TPSA) is 46.2 Å². The van der Waals surface area contributed by atoms with Gasteiger partial charge >= 0.3 is 0 Å². The molecule has 0 heterocycles. The van der Waals surface area contributed by atoms with E-state index in [0.29, 0.717) is 16.9 Å². The lowest BCUT2D eigenvalue weighted by Crippen LogP contribution is -2.29. The van der Waals surface area contributed by atoms with Crippen molar-refractivity contribution >= 4 is 41.9 Å². The molecule has 0 aliphatic carbocycles. The Hall–Kier alpha value is 0.0900. The fraction of sp³-hybridized carbons (Fsp3) is 0.538. The van der Waals surface area contributed by atoms with Gasteiger partial charge in [-0.05, 0) is 46.5 Å². The number of hydrogen-bond donors (Lipinski definition) is 1. The number of rotatable bonds is 6. The molecule has 1 rings (SSSR count). The summed E-state index contributed by atoms with van der Waals surface area (Å²) in [6.45, 7) is 6.54. The molecule has 0 amide bonds. The second-order valence-corrected chi connectivity index (χ2v) is 8.01. The van der Waals surface area contributed by atoms with E-state index in [9.17, 15) is 8.42 Å². The lowest BCUT2D eigenvalue weighted by molar-refractivity contribution is 0.479. The molecule has 0 aliphatic heterocycles. The maximum absolute atomic E-state index is 12.3. The second kappa shape index (κ2) is 7.20. The molecule has 0 aromatic heterocycles. The molecular weight excluding hydrogens is 394 g/mol. The Morgan fingerprint density at radius 1 is 1.16 bits per heavy atom. The minimum absolute atomic E-state index is 0.274. The van der Waals surface area contributed by atoms with Crippen molar-refractivity contribution in [2.75, 3.05) is 6.54 Å². The van der Waals surface area contributed by atoms with Crippen molar-refractivity contribution in [3.63, 3.8) is 0 Å². The van der Waals surface area contributed by atoms with E-state index in [1.165, 1.54) is 0 Å². The molecule has 1 aromatic rings. The van der Waals surface area contributed by atoms with Gasteiger partial charge < -0.3 is 0 Å². The quantitative estimate of drug-likeness (QED) is 0.759. The number of sulfonamides is 1. The highest BCUT2D eigenvalue weighted by atomic mass is 79.9. The normalized spacial score (nSPS) is 12.1. The van der Waals surface area contributed by atoms with Crippen molar-refractivity contribution in [1.29, 1.82) is 0 Å². The van der Waals surface area contributed by atoms with Crippen LogP contribution in [0, 0.1) is 12.8 Å². The van der Waals surface area contributed by atoms with E-state index in [1.807, 2.05) is 6.92 Å². The largest absolute Gasteiger partial charge is 0.241 e. The molecule has 19 heavy (non-hydrogen) atoms. The van der Waals surface area contributed by atoms with Crippen LogP contribution in [0.3, 0.4) is 0 Å². The van der Waals surface area contributed by atoms with E-state index in [2.05, 4.69) is 50.4 Å². The molecule has 1 N–H and O–H groups in total. The Morgan fingerprint density at radius 3 is 2.26 bits per heavy atom. The standard InChI is InChI=1S/C13H19Br2NO2S/c1-4-10(5-2)8-16-19(17,18)13-7-11(14)9(3)6-12(13)15/h6-7,10,16H,4-5,8H2,1-3H3. The van der Waals surface area contributed by atoms with E-state index in [0.717, 1.165) is 22.9 Å². The molecule has 0 atom stereocenters. The fourth-order valence-corrected chi connectivity index (χ4v) is 4.51. The molecule has 0 saturated carbocycles. The van der Waals surface area contributed by atoms with Crippen molar-refractivity contribution in [2.24, 2.45) is 5.92 Å². The van der Waals surface area contributed by atoms with Gasteiger partial charge in [-0.3, -0.25) is 0 Å². The number of aryl methyl sites for hydroxylation is 1. The molecule has 0 saturated heterocycles. The lowest BCUT2D eigenvalue weighted by atomic mass is 10.0. The van der Waals surface area contributed by atoms with Crippen LogP contribution in [-0.4, -0.2) is 15.0 Å². The Labute approximate surface area is 132 Å². The third-order valence-electron chi connectivity index (χ3n) is 3.22. The molecule has 0 unspecified atom stereocenters. The Bertz CT molecular complexity index is 540. The highest BCUT2D eigenvalue weighted by Crippen LogP contribution is 2.28. The van der Waals surface area contributed by atoms with Gasteiger partial charge in [0.1, 0.15) is 0 Å². The minimum atomic E-state index is -3.47. The third-order valence-corrected chi connectivity index (χ3v) is 6.46. The van der Waals surface area contributed by atoms with E-state index >= 15 is 0 Å². The molecule has 3 nitrogen and oxygen atoms in total. The van der Waals surface area contributed by atoms with Gasteiger partial charge in [-0.2, -0.15) is 0 Å². The highest BCUT2D eigenvalue weighted by molar-refractivity contribution is 9.11. The molecule has 6 heteroatoms. The summed E-state index contributed by atoms with van der Waals surface area (Å²) >= 11 is 6.69. The summed E-state index contributed by atoms with van der Waals surface area (Å²) in [5.41, 5.74) is 0.991. The van der Waals surface area contributed by atoms with Gasteiger partial charge in [0.15, 0.2) is 0 Å². The van der Waals surface area contributed by atoms with E-state index in [1.54, 1.807) is 12.1 Å². The lowest BCUT2D eigenvalue weighted by Gasteiger charge is -2.15. The number of hydrogen-bond acceptors (Lipinski definition) is 2.